The summed E-state index contributed by atoms with van der Waals surface area (Å²) in [5, 5.41) is 3.73. The van der Waals surface area contributed by atoms with Gasteiger partial charge in [0.25, 0.3) is 0 Å². The number of rotatable bonds is 4. The molecule has 1 saturated carbocycles. The van der Waals surface area contributed by atoms with Crippen molar-refractivity contribution in [1.29, 1.82) is 0 Å². The molecule has 1 N–H and O–H groups in total. The molecule has 0 spiro atoms. The molecule has 110 valence electrons. The Hall–Kier alpha value is -1.22. The highest BCUT2D eigenvalue weighted by Crippen LogP contribution is 2.35. The summed E-state index contributed by atoms with van der Waals surface area (Å²) in [6.45, 7) is 7.79. The molecule has 2 atom stereocenters. The van der Waals surface area contributed by atoms with Gasteiger partial charge in [-0.25, -0.2) is 0 Å². The summed E-state index contributed by atoms with van der Waals surface area (Å²) in [7, 11) is 1.76. The average molecular weight is 274 g/mol. The first-order chi connectivity index (χ1) is 9.60. The number of benzene rings is 1. The molecule has 1 aromatic carbocycles. The predicted octanol–water partition coefficient (Wildman–Crippen LogP) is 3.35. The van der Waals surface area contributed by atoms with Crippen LogP contribution in [-0.4, -0.2) is 36.7 Å². The minimum atomic E-state index is 0.566. The van der Waals surface area contributed by atoms with Crippen LogP contribution in [0.4, 0.5) is 5.69 Å². The fourth-order valence-corrected chi connectivity index (χ4v) is 3.59. The van der Waals surface area contributed by atoms with Crippen LogP contribution in [0.5, 0.6) is 5.75 Å². The van der Waals surface area contributed by atoms with Gasteiger partial charge in [-0.3, -0.25) is 4.90 Å². The Morgan fingerprint density at radius 1 is 1.25 bits per heavy atom. The van der Waals surface area contributed by atoms with E-state index in [2.05, 4.69) is 43.1 Å². The molecule has 1 saturated heterocycles. The summed E-state index contributed by atoms with van der Waals surface area (Å²) in [4.78, 5) is 2.68. The third-order valence-corrected chi connectivity index (χ3v) is 4.81. The van der Waals surface area contributed by atoms with E-state index in [9.17, 15) is 0 Å². The highest BCUT2D eigenvalue weighted by atomic mass is 16.5. The van der Waals surface area contributed by atoms with Crippen molar-refractivity contribution in [3.63, 3.8) is 0 Å². The second-order valence-electron chi connectivity index (χ2n) is 6.44. The highest BCUT2D eigenvalue weighted by Gasteiger charge is 2.38. The summed E-state index contributed by atoms with van der Waals surface area (Å²) in [5.41, 5.74) is 3.65. The van der Waals surface area contributed by atoms with Gasteiger partial charge < -0.3 is 10.1 Å². The number of nitrogens with one attached hydrogen (secondary N) is 1. The number of likely N-dealkylation sites (tertiary alicyclic amines) is 1. The minimum Gasteiger partial charge on any atom is -0.496 e. The Kier molecular flexibility index (Phi) is 3.63. The lowest BCUT2D eigenvalue weighted by atomic mass is 10.1. The summed E-state index contributed by atoms with van der Waals surface area (Å²) in [5.74, 6) is 1.01. The molecule has 2 unspecified atom stereocenters. The Morgan fingerprint density at radius 3 is 2.65 bits per heavy atom. The van der Waals surface area contributed by atoms with Crippen molar-refractivity contribution < 1.29 is 4.74 Å². The number of hydrogen-bond donors (Lipinski definition) is 1. The molecule has 2 fully saturated rings. The van der Waals surface area contributed by atoms with Gasteiger partial charge >= 0.3 is 0 Å². The number of anilines is 1. The summed E-state index contributed by atoms with van der Waals surface area (Å²) in [6.07, 6.45) is 4.04. The minimum absolute atomic E-state index is 0.566. The van der Waals surface area contributed by atoms with Gasteiger partial charge in [-0.15, -0.1) is 0 Å². The van der Waals surface area contributed by atoms with Crippen LogP contribution < -0.4 is 10.1 Å². The topological polar surface area (TPSA) is 24.5 Å². The second kappa shape index (κ2) is 5.28. The average Bonchev–Trinajstić information content (AvgIpc) is 3.18. The zero-order valence-corrected chi connectivity index (χ0v) is 13.1. The van der Waals surface area contributed by atoms with E-state index in [1.165, 1.54) is 42.6 Å². The lowest BCUT2D eigenvalue weighted by Gasteiger charge is -2.20. The van der Waals surface area contributed by atoms with Crippen molar-refractivity contribution in [1.82, 2.24) is 4.90 Å². The van der Waals surface area contributed by atoms with Gasteiger partial charge in [0.05, 0.1) is 7.11 Å². The lowest BCUT2D eigenvalue weighted by Crippen LogP contribution is -2.31. The molecule has 2 aliphatic rings. The molecule has 1 aliphatic carbocycles. The normalized spacial score (nSPS) is 26.8. The third-order valence-electron chi connectivity index (χ3n) is 4.81. The molecular formula is C17H26N2O. The Bertz CT molecular complexity index is 496. The zero-order chi connectivity index (χ0) is 14.3. The van der Waals surface area contributed by atoms with E-state index < -0.39 is 0 Å². The van der Waals surface area contributed by atoms with Crippen molar-refractivity contribution in [2.75, 3.05) is 19.0 Å². The Balaban J connectivity index is 1.72. The van der Waals surface area contributed by atoms with E-state index in [4.69, 9.17) is 4.74 Å². The first-order valence-corrected chi connectivity index (χ1v) is 7.76. The van der Waals surface area contributed by atoms with Crippen LogP contribution in [0, 0.1) is 13.8 Å². The van der Waals surface area contributed by atoms with Crippen LogP contribution in [0.15, 0.2) is 12.1 Å². The zero-order valence-electron chi connectivity index (χ0n) is 13.1. The molecule has 0 aromatic heterocycles. The molecule has 3 rings (SSSR count). The Morgan fingerprint density at radius 2 is 2.00 bits per heavy atom. The molecule has 0 bridgehead atoms. The van der Waals surface area contributed by atoms with Crippen molar-refractivity contribution in [2.45, 2.75) is 58.2 Å². The molecule has 3 nitrogen and oxygen atoms in total. The van der Waals surface area contributed by atoms with Gasteiger partial charge in [-0.2, -0.15) is 0 Å². The number of hydrogen-bond acceptors (Lipinski definition) is 3. The molecule has 0 amide bonds. The SMILES string of the molecule is COc1c(C)ccc(NC2CC(C)N(C3CC3)C2)c1C. The van der Waals surface area contributed by atoms with Crippen LogP contribution in [-0.2, 0) is 0 Å². The number of methoxy groups -OCH3 is 1. The molecule has 0 radical (unpaired) electrons. The molecule has 1 heterocycles. The molecule has 1 aliphatic heterocycles. The van der Waals surface area contributed by atoms with Crippen LogP contribution >= 0.6 is 0 Å². The lowest BCUT2D eigenvalue weighted by molar-refractivity contribution is 0.257. The van der Waals surface area contributed by atoms with Crippen LogP contribution in [0.2, 0.25) is 0 Å². The number of ether oxygens (including phenoxy) is 1. The first kappa shape index (κ1) is 13.7. The maximum atomic E-state index is 5.52. The summed E-state index contributed by atoms with van der Waals surface area (Å²) >= 11 is 0. The largest absolute Gasteiger partial charge is 0.496 e. The van der Waals surface area contributed by atoms with Crippen LogP contribution in [0.25, 0.3) is 0 Å². The van der Waals surface area contributed by atoms with Crippen LogP contribution in [0.3, 0.4) is 0 Å². The van der Waals surface area contributed by atoms with E-state index in [1.54, 1.807) is 7.11 Å². The van der Waals surface area contributed by atoms with E-state index in [1.807, 2.05) is 0 Å². The van der Waals surface area contributed by atoms with Crippen molar-refractivity contribution in [3.05, 3.63) is 23.3 Å². The van der Waals surface area contributed by atoms with Gasteiger partial charge in [-0.05, 0) is 51.7 Å². The number of nitrogens with zero attached hydrogens (tertiary/aromatic N) is 1. The smallest absolute Gasteiger partial charge is 0.126 e. The van der Waals surface area contributed by atoms with Crippen molar-refractivity contribution in [3.8, 4) is 5.75 Å². The van der Waals surface area contributed by atoms with Crippen LogP contribution in [0.1, 0.15) is 37.3 Å². The van der Waals surface area contributed by atoms with Gasteiger partial charge in [0.2, 0.25) is 0 Å². The van der Waals surface area contributed by atoms with E-state index in [-0.39, 0.29) is 0 Å². The van der Waals surface area contributed by atoms with Crippen molar-refractivity contribution in [2.24, 2.45) is 0 Å². The maximum Gasteiger partial charge on any atom is 0.126 e. The quantitative estimate of drug-likeness (QED) is 0.911. The van der Waals surface area contributed by atoms with E-state index >= 15 is 0 Å². The van der Waals surface area contributed by atoms with Gasteiger partial charge in [0.15, 0.2) is 0 Å². The standard InChI is InChI=1S/C17H26N2O/c1-11-5-8-16(13(3)17(11)20-4)18-14-9-12(2)19(10-14)15-6-7-15/h5,8,12,14-15,18H,6-7,9-10H2,1-4H3. The molecular weight excluding hydrogens is 248 g/mol. The maximum absolute atomic E-state index is 5.52. The van der Waals surface area contributed by atoms with Gasteiger partial charge in [0.1, 0.15) is 5.75 Å². The van der Waals surface area contributed by atoms with Crippen molar-refractivity contribution >= 4 is 5.69 Å². The molecule has 1 aromatic rings. The highest BCUT2D eigenvalue weighted by molar-refractivity contribution is 5.60. The molecule has 20 heavy (non-hydrogen) atoms. The third kappa shape index (κ3) is 2.51. The van der Waals surface area contributed by atoms with E-state index in [0.29, 0.717) is 12.1 Å². The number of aryl methyl sites for hydroxylation is 1. The predicted molar refractivity (Wildman–Crippen MR) is 83.7 cm³/mol. The molecule has 3 heteroatoms. The second-order valence-corrected chi connectivity index (χ2v) is 6.44. The summed E-state index contributed by atoms with van der Waals surface area (Å²) in [6, 6.07) is 6.48. The first-order valence-electron chi connectivity index (χ1n) is 7.76. The Labute approximate surface area is 122 Å². The van der Waals surface area contributed by atoms with Gasteiger partial charge in [0, 0.05) is 35.9 Å². The monoisotopic (exact) mass is 274 g/mol. The van der Waals surface area contributed by atoms with E-state index in [0.717, 1.165) is 11.8 Å². The van der Waals surface area contributed by atoms with Gasteiger partial charge in [-0.1, -0.05) is 6.07 Å². The fourth-order valence-electron chi connectivity index (χ4n) is 3.59. The summed E-state index contributed by atoms with van der Waals surface area (Å²) < 4.78 is 5.52. The fraction of sp³-hybridized carbons (Fsp3) is 0.647.